The van der Waals surface area contributed by atoms with Gasteiger partial charge < -0.3 is 9.84 Å². The van der Waals surface area contributed by atoms with Crippen molar-refractivity contribution in [3.05, 3.63) is 59.7 Å². The fourth-order valence-electron chi connectivity index (χ4n) is 3.31. The van der Waals surface area contributed by atoms with E-state index in [1.165, 1.54) is 44.1 Å². The van der Waals surface area contributed by atoms with Crippen LogP contribution in [0.5, 0.6) is 11.5 Å². The maximum absolute atomic E-state index is 10.8. The number of carboxylic acids is 1. The minimum Gasteiger partial charge on any atom is -0.481 e. The van der Waals surface area contributed by atoms with Gasteiger partial charge in [-0.3, -0.25) is 4.79 Å². The summed E-state index contributed by atoms with van der Waals surface area (Å²) in [5.41, 5.74) is 2.01. The van der Waals surface area contributed by atoms with Crippen molar-refractivity contribution in [2.45, 2.75) is 65.2 Å². The van der Waals surface area contributed by atoms with Gasteiger partial charge in [0.25, 0.3) is 0 Å². The van der Waals surface area contributed by atoms with E-state index < -0.39 is 5.97 Å². The lowest BCUT2D eigenvalue weighted by Crippen LogP contribution is -2.00. The average molecular weight is 369 g/mol. The highest BCUT2D eigenvalue weighted by atomic mass is 16.5. The van der Waals surface area contributed by atoms with Gasteiger partial charge in [-0.15, -0.1) is 0 Å². The van der Waals surface area contributed by atoms with Crippen molar-refractivity contribution in [1.82, 2.24) is 0 Å². The van der Waals surface area contributed by atoms with E-state index in [0.717, 1.165) is 29.4 Å². The SMILES string of the molecule is CCCCCC(C)CCCc1ccccc1Oc1ccc(CC(=O)O)cc1. The first-order chi connectivity index (χ1) is 13.1. The molecule has 1 unspecified atom stereocenters. The van der Waals surface area contributed by atoms with Crippen LogP contribution >= 0.6 is 0 Å². The van der Waals surface area contributed by atoms with Crippen molar-refractivity contribution in [3.63, 3.8) is 0 Å². The van der Waals surface area contributed by atoms with E-state index >= 15 is 0 Å². The molecule has 146 valence electrons. The number of hydrogen-bond acceptors (Lipinski definition) is 2. The quantitative estimate of drug-likeness (QED) is 0.427. The number of rotatable bonds is 12. The van der Waals surface area contributed by atoms with E-state index in [0.29, 0.717) is 0 Å². The molecule has 0 amide bonds. The van der Waals surface area contributed by atoms with Crippen molar-refractivity contribution in [2.24, 2.45) is 5.92 Å². The Labute approximate surface area is 163 Å². The summed E-state index contributed by atoms with van der Waals surface area (Å²) in [5.74, 6) is 1.59. The molecular formula is C24H32O3. The number of hydrogen-bond donors (Lipinski definition) is 1. The van der Waals surface area contributed by atoms with Crippen molar-refractivity contribution < 1.29 is 14.6 Å². The van der Waals surface area contributed by atoms with Gasteiger partial charge in [0, 0.05) is 0 Å². The third kappa shape index (κ3) is 7.86. The normalized spacial score (nSPS) is 11.9. The van der Waals surface area contributed by atoms with E-state index in [1.807, 2.05) is 36.4 Å². The zero-order valence-corrected chi connectivity index (χ0v) is 16.6. The summed E-state index contributed by atoms with van der Waals surface area (Å²) < 4.78 is 6.06. The molecule has 3 nitrogen and oxygen atoms in total. The molecule has 0 fully saturated rings. The molecule has 0 spiro atoms. The van der Waals surface area contributed by atoms with Crippen molar-refractivity contribution in [3.8, 4) is 11.5 Å². The fourth-order valence-corrected chi connectivity index (χ4v) is 3.31. The van der Waals surface area contributed by atoms with Crippen LogP contribution in [0.25, 0.3) is 0 Å². The molecule has 0 saturated heterocycles. The van der Waals surface area contributed by atoms with Crippen LogP contribution in [0.1, 0.15) is 63.5 Å². The molecule has 2 rings (SSSR count). The first-order valence-electron chi connectivity index (χ1n) is 10.1. The van der Waals surface area contributed by atoms with Crippen LogP contribution in [-0.2, 0) is 17.6 Å². The molecule has 0 heterocycles. The molecule has 0 bridgehead atoms. The van der Waals surface area contributed by atoms with Gasteiger partial charge in [-0.2, -0.15) is 0 Å². The molecular weight excluding hydrogens is 336 g/mol. The summed E-state index contributed by atoms with van der Waals surface area (Å²) in [6.07, 6.45) is 8.77. The van der Waals surface area contributed by atoms with Crippen LogP contribution in [0.4, 0.5) is 0 Å². The summed E-state index contributed by atoms with van der Waals surface area (Å²) in [7, 11) is 0. The van der Waals surface area contributed by atoms with Crippen LogP contribution in [-0.4, -0.2) is 11.1 Å². The minimum absolute atomic E-state index is 0.0350. The van der Waals surface area contributed by atoms with Gasteiger partial charge in [-0.05, 0) is 48.1 Å². The summed E-state index contributed by atoms with van der Waals surface area (Å²) in [5, 5.41) is 8.86. The van der Waals surface area contributed by atoms with Crippen molar-refractivity contribution in [2.75, 3.05) is 0 Å². The monoisotopic (exact) mass is 368 g/mol. The molecule has 27 heavy (non-hydrogen) atoms. The number of unbranched alkanes of at least 4 members (excludes halogenated alkanes) is 2. The van der Waals surface area contributed by atoms with Gasteiger partial charge in [0.1, 0.15) is 11.5 Å². The molecule has 2 aromatic carbocycles. The lowest BCUT2D eigenvalue weighted by Gasteiger charge is -2.13. The van der Waals surface area contributed by atoms with Gasteiger partial charge >= 0.3 is 5.97 Å². The Morgan fingerprint density at radius 3 is 2.41 bits per heavy atom. The van der Waals surface area contributed by atoms with E-state index in [1.54, 1.807) is 0 Å². The molecule has 0 radical (unpaired) electrons. The Balaban J connectivity index is 1.88. The maximum Gasteiger partial charge on any atom is 0.307 e. The topological polar surface area (TPSA) is 46.5 Å². The van der Waals surface area contributed by atoms with E-state index in [4.69, 9.17) is 9.84 Å². The highest BCUT2D eigenvalue weighted by Crippen LogP contribution is 2.27. The summed E-state index contributed by atoms with van der Waals surface area (Å²) in [4.78, 5) is 10.8. The largest absolute Gasteiger partial charge is 0.481 e. The minimum atomic E-state index is -0.821. The molecule has 0 aliphatic carbocycles. The molecule has 1 N–H and O–H groups in total. The summed E-state index contributed by atoms with van der Waals surface area (Å²) in [6.45, 7) is 4.61. The lowest BCUT2D eigenvalue weighted by atomic mass is 9.96. The first-order valence-corrected chi connectivity index (χ1v) is 10.1. The molecule has 0 saturated carbocycles. The number of carbonyl (C=O) groups is 1. The molecule has 0 aromatic heterocycles. The zero-order valence-electron chi connectivity index (χ0n) is 16.6. The Hall–Kier alpha value is -2.29. The van der Waals surface area contributed by atoms with Gasteiger partial charge in [0.2, 0.25) is 0 Å². The highest BCUT2D eigenvalue weighted by Gasteiger charge is 2.07. The second kappa shape index (κ2) is 11.4. The van der Waals surface area contributed by atoms with Gasteiger partial charge in [0.15, 0.2) is 0 Å². The van der Waals surface area contributed by atoms with Crippen LogP contribution in [0.15, 0.2) is 48.5 Å². The molecule has 0 aliphatic heterocycles. The van der Waals surface area contributed by atoms with Crippen LogP contribution < -0.4 is 4.74 Å². The standard InChI is InChI=1S/C24H32O3/c1-3-4-5-9-19(2)10-8-12-21-11-6-7-13-23(21)27-22-16-14-20(15-17-22)18-24(25)26/h6-7,11,13-17,19H,3-5,8-10,12,18H2,1-2H3,(H,25,26). The second-order valence-electron chi connectivity index (χ2n) is 7.42. The van der Waals surface area contributed by atoms with Gasteiger partial charge in [0.05, 0.1) is 6.42 Å². The van der Waals surface area contributed by atoms with Crippen LogP contribution in [0, 0.1) is 5.92 Å². The summed E-state index contributed by atoms with van der Waals surface area (Å²) in [6, 6.07) is 15.5. The van der Waals surface area contributed by atoms with Crippen LogP contribution in [0.2, 0.25) is 0 Å². The van der Waals surface area contributed by atoms with E-state index in [9.17, 15) is 4.79 Å². The number of aliphatic carboxylic acids is 1. The maximum atomic E-state index is 10.8. The van der Waals surface area contributed by atoms with Crippen molar-refractivity contribution >= 4 is 5.97 Å². The summed E-state index contributed by atoms with van der Waals surface area (Å²) >= 11 is 0. The van der Waals surface area contributed by atoms with E-state index in [-0.39, 0.29) is 6.42 Å². The third-order valence-electron chi connectivity index (χ3n) is 4.92. The predicted octanol–water partition coefficient (Wildman–Crippen LogP) is 6.65. The Bertz CT molecular complexity index is 691. The second-order valence-corrected chi connectivity index (χ2v) is 7.42. The van der Waals surface area contributed by atoms with Crippen LogP contribution in [0.3, 0.4) is 0 Å². The molecule has 2 aromatic rings. The Kier molecular flexibility index (Phi) is 8.90. The predicted molar refractivity (Wildman–Crippen MR) is 111 cm³/mol. The molecule has 0 aliphatic rings. The van der Waals surface area contributed by atoms with Gasteiger partial charge in [-0.25, -0.2) is 0 Å². The number of aryl methyl sites for hydroxylation is 1. The average Bonchev–Trinajstić information content (AvgIpc) is 2.64. The Morgan fingerprint density at radius 1 is 1.00 bits per heavy atom. The lowest BCUT2D eigenvalue weighted by molar-refractivity contribution is -0.136. The zero-order chi connectivity index (χ0) is 19.5. The number of ether oxygens (including phenoxy) is 1. The molecule has 3 heteroatoms. The van der Waals surface area contributed by atoms with Gasteiger partial charge in [-0.1, -0.05) is 76.3 Å². The highest BCUT2D eigenvalue weighted by molar-refractivity contribution is 5.70. The third-order valence-corrected chi connectivity index (χ3v) is 4.92. The number of para-hydroxylation sites is 1. The smallest absolute Gasteiger partial charge is 0.307 e. The number of benzene rings is 2. The van der Waals surface area contributed by atoms with Crippen molar-refractivity contribution in [1.29, 1.82) is 0 Å². The first kappa shape index (κ1) is 21.0. The van der Waals surface area contributed by atoms with E-state index in [2.05, 4.69) is 26.0 Å². The number of carboxylic acid groups (broad SMARTS) is 1. The fraction of sp³-hybridized carbons (Fsp3) is 0.458. The Morgan fingerprint density at radius 2 is 1.70 bits per heavy atom. The molecule has 1 atom stereocenters.